The normalized spacial score (nSPS) is 11.9. The Labute approximate surface area is 368 Å². The molecule has 0 bridgehead atoms. The van der Waals surface area contributed by atoms with Gasteiger partial charge >= 0.3 is 0 Å². The minimum atomic E-state index is 0.852. The van der Waals surface area contributed by atoms with Crippen LogP contribution in [-0.4, -0.2) is 0 Å². The van der Waals surface area contributed by atoms with Gasteiger partial charge in [0.05, 0.1) is 0 Å². The zero-order valence-corrected chi connectivity index (χ0v) is 34.9. The second kappa shape index (κ2) is 14.3. The number of rotatable bonds is 3. The summed E-state index contributed by atoms with van der Waals surface area (Å²) in [6, 6.07) is 82.1. The minimum absolute atomic E-state index is 0.852. The van der Waals surface area contributed by atoms with Crippen LogP contribution < -0.4 is 9.64 Å². The van der Waals surface area contributed by atoms with E-state index in [1.807, 2.05) is 23.5 Å². The zero-order valence-electron chi connectivity index (χ0n) is 34.1. The molecule has 0 saturated carbocycles. The van der Waals surface area contributed by atoms with E-state index >= 15 is 0 Å². The van der Waals surface area contributed by atoms with E-state index in [9.17, 15) is 0 Å². The van der Waals surface area contributed by atoms with Crippen LogP contribution in [-0.2, 0) is 0 Å². The van der Waals surface area contributed by atoms with Gasteiger partial charge < -0.3 is 9.64 Å². The zero-order chi connectivity index (χ0) is 41.4. The summed E-state index contributed by atoms with van der Waals surface area (Å²) in [5.41, 5.74) is 7.65. The van der Waals surface area contributed by atoms with Gasteiger partial charge in [-0.05, 0) is 132 Å². The van der Waals surface area contributed by atoms with Gasteiger partial charge in [-0.25, -0.2) is 0 Å². The van der Waals surface area contributed by atoms with Gasteiger partial charge in [0.15, 0.2) is 0 Å². The number of hydrogen-bond donors (Lipinski definition) is 0. The first-order valence-corrected chi connectivity index (χ1v) is 22.3. The fourth-order valence-electron chi connectivity index (χ4n) is 10.0. The van der Waals surface area contributed by atoms with E-state index in [1.165, 1.54) is 74.0 Å². The monoisotopic (exact) mass is 819 g/mol. The quantitative estimate of drug-likeness (QED) is 0.176. The number of benzene rings is 10. The third kappa shape index (κ3) is 5.71. The molecule has 3 heteroatoms. The standard InChI is InChI=1S/C60H37NOS/c1-2-16-38(17-3-1)61(40-30-32-47-49-24-10-13-27-57(49)62-58-28-14-11-25-50(58)53(47)35-40)39-31-33-48-52(34-39)45-22-8-6-20-43(45)41-18-4-5-19-42(41)44-21-7-9-23-46(44)54-36-56-51-26-12-15-29-59(51)63-60(56)37-55(48)54/h1-37H. The largest absolute Gasteiger partial charge is 0.456 e. The van der Waals surface area contributed by atoms with Crippen LogP contribution in [0.5, 0.6) is 11.5 Å². The molecule has 2 heterocycles. The number of nitrogens with zero attached hydrogens (tertiary/aromatic N) is 1. The van der Waals surface area contributed by atoms with Gasteiger partial charge in [-0.3, -0.25) is 0 Å². The summed E-state index contributed by atoms with van der Waals surface area (Å²) in [7, 11) is 0. The average molecular weight is 820 g/mol. The Bertz CT molecular complexity index is 3900. The van der Waals surface area contributed by atoms with Crippen LogP contribution in [0.1, 0.15) is 0 Å². The van der Waals surface area contributed by atoms with Gasteiger partial charge in [-0.2, -0.15) is 0 Å². The summed E-state index contributed by atoms with van der Waals surface area (Å²) in [5, 5.41) is 14.7. The van der Waals surface area contributed by atoms with Gasteiger partial charge in [0.2, 0.25) is 0 Å². The minimum Gasteiger partial charge on any atom is -0.456 e. The summed E-state index contributed by atoms with van der Waals surface area (Å²) in [6.45, 7) is 0. The van der Waals surface area contributed by atoms with E-state index in [0.717, 1.165) is 50.8 Å². The summed E-state index contributed by atoms with van der Waals surface area (Å²) in [5.74, 6) is 1.71. The van der Waals surface area contributed by atoms with Gasteiger partial charge in [0.25, 0.3) is 0 Å². The van der Waals surface area contributed by atoms with Crippen molar-refractivity contribution in [2.24, 2.45) is 0 Å². The van der Waals surface area contributed by atoms with Crippen LogP contribution in [0.3, 0.4) is 0 Å². The second-order valence-electron chi connectivity index (χ2n) is 16.4. The Morgan fingerprint density at radius 1 is 0.254 bits per heavy atom. The van der Waals surface area contributed by atoms with Crippen molar-refractivity contribution < 1.29 is 4.74 Å². The topological polar surface area (TPSA) is 12.5 Å². The Balaban J connectivity index is 1.17. The number of fused-ring (bicyclic) bond motifs is 18. The van der Waals surface area contributed by atoms with Crippen molar-refractivity contribution in [1.82, 2.24) is 0 Å². The van der Waals surface area contributed by atoms with Gasteiger partial charge in [0, 0.05) is 48.4 Å². The highest BCUT2D eigenvalue weighted by molar-refractivity contribution is 7.25. The highest BCUT2D eigenvalue weighted by atomic mass is 32.1. The Hall–Kier alpha value is -7.98. The lowest BCUT2D eigenvalue weighted by atomic mass is 9.93. The molecule has 0 fully saturated rings. The SMILES string of the molecule is c1ccc(N(c2ccc3c(c2)-c2ccccc2Oc2ccccc2-3)c2ccc3c(c2)c2ccccc2c2ccccc2c2ccccc2c2cc4c(cc32)sc2ccccc24)cc1. The van der Waals surface area contributed by atoms with E-state index in [0.29, 0.717) is 0 Å². The maximum Gasteiger partial charge on any atom is 0.135 e. The molecule has 0 atom stereocenters. The predicted molar refractivity (Wildman–Crippen MR) is 270 cm³/mol. The molecule has 1 aliphatic rings. The molecule has 0 unspecified atom stereocenters. The summed E-state index contributed by atoms with van der Waals surface area (Å²) >= 11 is 1.88. The van der Waals surface area contributed by atoms with Gasteiger partial charge in [-0.1, -0.05) is 158 Å². The van der Waals surface area contributed by atoms with E-state index in [1.54, 1.807) is 0 Å². The van der Waals surface area contributed by atoms with Crippen LogP contribution in [0.2, 0.25) is 0 Å². The molecule has 294 valence electrons. The molecule has 13 rings (SSSR count). The van der Waals surface area contributed by atoms with Crippen LogP contribution >= 0.6 is 11.3 Å². The highest BCUT2D eigenvalue weighted by Crippen LogP contribution is 2.50. The van der Waals surface area contributed by atoms with E-state index < -0.39 is 0 Å². The number of hydrogen-bond acceptors (Lipinski definition) is 3. The van der Waals surface area contributed by atoms with Crippen molar-refractivity contribution in [3.63, 3.8) is 0 Å². The Kier molecular flexibility index (Phi) is 8.12. The Morgan fingerprint density at radius 3 is 1.37 bits per heavy atom. The van der Waals surface area contributed by atoms with Gasteiger partial charge in [-0.15, -0.1) is 11.3 Å². The van der Waals surface area contributed by atoms with Crippen LogP contribution in [0.4, 0.5) is 17.1 Å². The first kappa shape index (κ1) is 35.7. The first-order chi connectivity index (χ1) is 31.2. The second-order valence-corrected chi connectivity index (χ2v) is 17.4. The predicted octanol–water partition coefficient (Wildman–Crippen LogP) is 17.9. The van der Waals surface area contributed by atoms with Crippen molar-refractivity contribution in [2.75, 3.05) is 4.90 Å². The van der Waals surface area contributed by atoms with Gasteiger partial charge in [0.1, 0.15) is 11.5 Å². The van der Waals surface area contributed by atoms with Crippen molar-refractivity contribution in [3.8, 4) is 33.8 Å². The van der Waals surface area contributed by atoms with E-state index in [2.05, 4.69) is 217 Å². The fraction of sp³-hybridized carbons (Fsp3) is 0. The molecule has 2 nitrogen and oxygen atoms in total. The number of thiophene rings is 1. The smallest absolute Gasteiger partial charge is 0.135 e. The van der Waals surface area contributed by atoms with Crippen molar-refractivity contribution >= 4 is 102 Å². The molecule has 12 aromatic rings. The lowest BCUT2D eigenvalue weighted by Crippen LogP contribution is -2.10. The maximum atomic E-state index is 6.60. The number of anilines is 3. The summed E-state index contributed by atoms with van der Waals surface area (Å²) in [6.07, 6.45) is 0. The number of ether oxygens (including phenoxy) is 1. The first-order valence-electron chi connectivity index (χ1n) is 21.5. The molecular formula is C60H37NOS. The van der Waals surface area contributed by atoms with Crippen molar-refractivity contribution in [3.05, 3.63) is 224 Å². The fourth-order valence-corrected chi connectivity index (χ4v) is 11.2. The maximum absolute atomic E-state index is 6.60. The molecule has 11 aromatic carbocycles. The summed E-state index contributed by atoms with van der Waals surface area (Å²) < 4.78 is 9.19. The van der Waals surface area contributed by atoms with Crippen LogP contribution in [0, 0.1) is 0 Å². The van der Waals surface area contributed by atoms with Crippen molar-refractivity contribution in [1.29, 1.82) is 0 Å². The molecular weight excluding hydrogens is 783 g/mol. The molecule has 0 radical (unpaired) electrons. The average Bonchev–Trinajstić information content (AvgIpc) is 3.65. The summed E-state index contributed by atoms with van der Waals surface area (Å²) in [4.78, 5) is 2.40. The molecule has 1 aromatic heterocycles. The lowest BCUT2D eigenvalue weighted by molar-refractivity contribution is 0.488. The van der Waals surface area contributed by atoms with Crippen molar-refractivity contribution in [2.45, 2.75) is 0 Å². The molecule has 0 saturated heterocycles. The van der Waals surface area contributed by atoms with E-state index in [4.69, 9.17) is 4.74 Å². The molecule has 0 aliphatic carbocycles. The molecule has 0 spiro atoms. The lowest BCUT2D eigenvalue weighted by Gasteiger charge is -2.27. The van der Waals surface area contributed by atoms with Crippen LogP contribution in [0.15, 0.2) is 224 Å². The molecule has 1 aliphatic heterocycles. The Morgan fingerprint density at radius 2 is 0.714 bits per heavy atom. The number of para-hydroxylation sites is 3. The highest BCUT2D eigenvalue weighted by Gasteiger charge is 2.23. The van der Waals surface area contributed by atoms with Crippen LogP contribution in [0.25, 0.3) is 96.3 Å². The third-order valence-corrected chi connectivity index (χ3v) is 14.0. The molecule has 0 N–H and O–H groups in total. The van der Waals surface area contributed by atoms with E-state index in [-0.39, 0.29) is 0 Å². The third-order valence-electron chi connectivity index (χ3n) is 12.9. The molecule has 0 amide bonds. The molecule has 63 heavy (non-hydrogen) atoms.